The highest BCUT2D eigenvalue weighted by Gasteiger charge is 2.09. The first-order valence-corrected chi connectivity index (χ1v) is 8.05. The Hall–Kier alpha value is -1.92. The minimum Gasteiger partial charge on any atom is -0.491 e. The van der Waals surface area contributed by atoms with Crippen LogP contribution in [0.25, 0.3) is 0 Å². The van der Waals surface area contributed by atoms with E-state index in [1.165, 1.54) is 5.56 Å². The first-order chi connectivity index (χ1) is 11.0. The average Bonchev–Trinajstić information content (AvgIpc) is 2.95. The van der Waals surface area contributed by atoms with E-state index in [9.17, 15) is 5.11 Å². The molecule has 0 aliphatic heterocycles. The van der Waals surface area contributed by atoms with Crippen molar-refractivity contribution in [2.75, 3.05) is 13.2 Å². The lowest BCUT2D eigenvalue weighted by Gasteiger charge is -2.13. The van der Waals surface area contributed by atoms with E-state index in [-0.39, 0.29) is 0 Å². The van der Waals surface area contributed by atoms with Crippen LogP contribution in [0.2, 0.25) is 0 Å². The Bertz CT molecular complexity index is 581. The van der Waals surface area contributed by atoms with Gasteiger partial charge in [-0.15, -0.1) is 0 Å². The lowest BCUT2D eigenvalue weighted by molar-refractivity contribution is -0.688. The van der Waals surface area contributed by atoms with E-state index in [1.54, 1.807) is 0 Å². The van der Waals surface area contributed by atoms with Gasteiger partial charge in [0.15, 0.2) is 5.82 Å². The molecule has 0 unspecified atom stereocenters. The Labute approximate surface area is 136 Å². The Morgan fingerprint density at radius 3 is 2.57 bits per heavy atom. The van der Waals surface area contributed by atoms with Crippen LogP contribution in [-0.4, -0.2) is 40.5 Å². The molecular formula is C17H26N3O3+. The van der Waals surface area contributed by atoms with Gasteiger partial charge >= 0.3 is 0 Å². The molecule has 0 saturated heterocycles. The fourth-order valence-corrected chi connectivity index (χ4v) is 2.13. The number of nitrogens with zero attached hydrogens (tertiary/aromatic N) is 2. The van der Waals surface area contributed by atoms with Gasteiger partial charge < -0.3 is 19.7 Å². The van der Waals surface area contributed by atoms with Crippen molar-refractivity contribution in [2.24, 2.45) is 0 Å². The topological polar surface area (TPSA) is 85.0 Å². The fraction of sp³-hybridized carbons (Fsp3) is 0.529. The highest BCUT2D eigenvalue weighted by atomic mass is 16.5. The summed E-state index contributed by atoms with van der Waals surface area (Å²) in [6.07, 6.45) is 1.11. The Balaban J connectivity index is 1.73. The highest BCUT2D eigenvalue weighted by molar-refractivity contribution is 5.27. The van der Waals surface area contributed by atoms with Crippen molar-refractivity contribution >= 4 is 0 Å². The van der Waals surface area contributed by atoms with Gasteiger partial charge in [-0.1, -0.05) is 17.3 Å². The van der Waals surface area contributed by atoms with Crippen LogP contribution in [0.4, 0.5) is 0 Å². The summed E-state index contributed by atoms with van der Waals surface area (Å²) in [4.78, 5) is 4.19. The van der Waals surface area contributed by atoms with Gasteiger partial charge in [-0.2, -0.15) is 4.98 Å². The van der Waals surface area contributed by atoms with Gasteiger partial charge in [0.1, 0.15) is 25.0 Å². The van der Waals surface area contributed by atoms with Crippen LogP contribution in [0.5, 0.6) is 5.75 Å². The molecule has 0 aliphatic carbocycles. The summed E-state index contributed by atoms with van der Waals surface area (Å²) >= 11 is 0. The molecule has 0 bridgehead atoms. The summed E-state index contributed by atoms with van der Waals surface area (Å²) < 4.78 is 10.7. The third-order valence-corrected chi connectivity index (χ3v) is 3.44. The number of ether oxygens (including phenoxy) is 1. The van der Waals surface area contributed by atoms with E-state index in [0.29, 0.717) is 30.9 Å². The molecule has 1 aromatic heterocycles. The number of aryl methyl sites for hydroxylation is 3. The third kappa shape index (κ3) is 6.38. The van der Waals surface area contributed by atoms with Gasteiger partial charge in [-0.25, -0.2) is 0 Å². The van der Waals surface area contributed by atoms with E-state index in [2.05, 4.69) is 29.3 Å². The van der Waals surface area contributed by atoms with Crippen LogP contribution in [0, 0.1) is 6.92 Å². The van der Waals surface area contributed by atoms with E-state index in [0.717, 1.165) is 18.6 Å². The van der Waals surface area contributed by atoms with Gasteiger partial charge in [-0.05, 0) is 44.9 Å². The number of hydrogen-bond donors (Lipinski definition) is 2. The van der Waals surface area contributed by atoms with Crippen LogP contribution in [-0.2, 0) is 12.8 Å². The van der Waals surface area contributed by atoms with Crippen LogP contribution < -0.4 is 10.1 Å². The molecule has 2 rings (SSSR count). The summed E-state index contributed by atoms with van der Waals surface area (Å²) in [6, 6.07) is 8.36. The van der Waals surface area contributed by atoms with Crippen LogP contribution >= 0.6 is 0 Å². The Morgan fingerprint density at radius 2 is 1.96 bits per heavy atom. The molecule has 0 saturated carbocycles. The molecular weight excluding hydrogens is 294 g/mol. The number of hydrogen-bond acceptors (Lipinski definition) is 5. The minimum atomic E-state index is -0.460. The molecule has 6 heteroatoms. The molecule has 126 valence electrons. The fourth-order valence-electron chi connectivity index (χ4n) is 2.13. The normalized spacial score (nSPS) is 12.6. The Morgan fingerprint density at radius 1 is 1.22 bits per heavy atom. The molecule has 6 nitrogen and oxygen atoms in total. The number of aliphatic hydroxyl groups is 1. The number of benzene rings is 1. The van der Waals surface area contributed by atoms with Crippen molar-refractivity contribution < 1.29 is 19.7 Å². The van der Waals surface area contributed by atoms with E-state index < -0.39 is 6.10 Å². The van der Waals surface area contributed by atoms with Crippen molar-refractivity contribution in [2.45, 2.75) is 45.8 Å². The molecule has 2 aromatic rings. The molecule has 1 aromatic carbocycles. The number of aromatic nitrogens is 2. The van der Waals surface area contributed by atoms with Crippen molar-refractivity contribution in [3.8, 4) is 5.75 Å². The molecule has 0 aliphatic rings. The number of quaternary nitrogens is 1. The summed E-state index contributed by atoms with van der Waals surface area (Å²) in [5, 5.41) is 15.7. The van der Waals surface area contributed by atoms with Crippen molar-refractivity contribution in [3.05, 3.63) is 41.5 Å². The van der Waals surface area contributed by atoms with Gasteiger partial charge in [0.2, 0.25) is 5.89 Å². The van der Waals surface area contributed by atoms with Gasteiger partial charge in [0.25, 0.3) is 0 Å². The van der Waals surface area contributed by atoms with Gasteiger partial charge in [-0.3, -0.25) is 0 Å². The summed E-state index contributed by atoms with van der Waals surface area (Å²) in [6.45, 7) is 6.97. The van der Waals surface area contributed by atoms with Crippen LogP contribution in [0.1, 0.15) is 31.1 Å². The second-order valence-electron chi connectivity index (χ2n) is 6.06. The molecule has 1 atom stereocenters. The van der Waals surface area contributed by atoms with E-state index in [4.69, 9.17) is 9.26 Å². The van der Waals surface area contributed by atoms with Crippen LogP contribution in [0.15, 0.2) is 28.8 Å². The van der Waals surface area contributed by atoms with Crippen molar-refractivity contribution in [1.29, 1.82) is 0 Å². The zero-order chi connectivity index (χ0) is 16.7. The predicted molar refractivity (Wildman–Crippen MR) is 86.3 cm³/mol. The lowest BCUT2D eigenvalue weighted by atomic mass is 10.1. The summed E-state index contributed by atoms with van der Waals surface area (Å²) in [5.41, 5.74) is 1.18. The largest absolute Gasteiger partial charge is 0.491 e. The summed E-state index contributed by atoms with van der Waals surface area (Å²) in [5.74, 6) is 2.09. The number of rotatable bonds is 9. The number of aliphatic hydroxyl groups excluding tert-OH is 1. The van der Waals surface area contributed by atoms with E-state index >= 15 is 0 Å². The molecule has 3 N–H and O–H groups in total. The molecule has 23 heavy (non-hydrogen) atoms. The molecule has 0 spiro atoms. The first kappa shape index (κ1) is 17.4. The second kappa shape index (κ2) is 8.64. The van der Waals surface area contributed by atoms with Crippen LogP contribution in [0.3, 0.4) is 0 Å². The lowest BCUT2D eigenvalue weighted by Crippen LogP contribution is -2.90. The molecule has 1 heterocycles. The molecule has 0 radical (unpaired) electrons. The zero-order valence-corrected chi connectivity index (χ0v) is 14.0. The maximum absolute atomic E-state index is 9.85. The monoisotopic (exact) mass is 320 g/mol. The SMILES string of the molecule is Cc1noc(CCc2ccc(OC[C@@H](O)C[NH2+]C(C)C)cc2)n1. The summed E-state index contributed by atoms with van der Waals surface area (Å²) in [7, 11) is 0. The maximum atomic E-state index is 9.85. The smallest absolute Gasteiger partial charge is 0.226 e. The van der Waals surface area contributed by atoms with Crippen molar-refractivity contribution in [1.82, 2.24) is 10.1 Å². The highest BCUT2D eigenvalue weighted by Crippen LogP contribution is 2.14. The van der Waals surface area contributed by atoms with E-state index in [1.807, 2.05) is 31.2 Å². The minimum absolute atomic E-state index is 0.309. The van der Waals surface area contributed by atoms with Gasteiger partial charge in [0.05, 0.1) is 6.04 Å². The van der Waals surface area contributed by atoms with Gasteiger partial charge in [0, 0.05) is 6.42 Å². The third-order valence-electron chi connectivity index (χ3n) is 3.44. The first-order valence-electron chi connectivity index (χ1n) is 8.05. The average molecular weight is 320 g/mol. The maximum Gasteiger partial charge on any atom is 0.226 e. The Kier molecular flexibility index (Phi) is 6.55. The number of nitrogens with two attached hydrogens (primary N) is 1. The van der Waals surface area contributed by atoms with Crippen molar-refractivity contribution in [3.63, 3.8) is 0 Å². The predicted octanol–water partition coefficient (Wildman–Crippen LogP) is 0.875. The standard InChI is InChI=1S/C17H25N3O3/c1-12(2)18-10-15(21)11-22-16-7-4-14(5-8-16)6-9-17-19-13(3)20-23-17/h4-5,7-8,12,15,18,21H,6,9-11H2,1-3H3/p+1/t15-/m0/s1. The quantitative estimate of drug-likeness (QED) is 0.716. The molecule has 0 amide bonds. The zero-order valence-electron chi connectivity index (χ0n) is 14.0. The second-order valence-corrected chi connectivity index (χ2v) is 6.06. The molecule has 0 fully saturated rings.